The SMILES string of the molecule is C=CCCC(=O)N1CCC(C(C)NC(=O)OC(C)(C)C)CC1. The smallest absolute Gasteiger partial charge is 0.407 e. The zero-order valence-corrected chi connectivity index (χ0v) is 14.4. The van der Waals surface area contributed by atoms with Gasteiger partial charge in [0.15, 0.2) is 0 Å². The van der Waals surface area contributed by atoms with Crippen LogP contribution >= 0.6 is 0 Å². The van der Waals surface area contributed by atoms with Crippen LogP contribution in [0.25, 0.3) is 0 Å². The third-order valence-corrected chi connectivity index (χ3v) is 3.91. The first-order chi connectivity index (χ1) is 10.2. The van der Waals surface area contributed by atoms with E-state index in [1.165, 1.54) is 0 Å². The van der Waals surface area contributed by atoms with Gasteiger partial charge in [-0.15, -0.1) is 6.58 Å². The third-order valence-electron chi connectivity index (χ3n) is 3.91. The Kier molecular flexibility index (Phi) is 6.91. The van der Waals surface area contributed by atoms with Crippen molar-refractivity contribution in [1.82, 2.24) is 10.2 Å². The molecule has 126 valence electrons. The first-order valence-electron chi connectivity index (χ1n) is 8.11. The molecule has 1 aliphatic rings. The van der Waals surface area contributed by atoms with E-state index < -0.39 is 5.60 Å². The van der Waals surface area contributed by atoms with Gasteiger partial charge in [-0.1, -0.05) is 6.08 Å². The zero-order valence-electron chi connectivity index (χ0n) is 14.4. The van der Waals surface area contributed by atoms with E-state index in [4.69, 9.17) is 4.74 Å². The van der Waals surface area contributed by atoms with Gasteiger partial charge in [0.25, 0.3) is 0 Å². The van der Waals surface area contributed by atoms with Crippen LogP contribution in [-0.2, 0) is 9.53 Å². The Morgan fingerprint density at radius 1 is 1.36 bits per heavy atom. The van der Waals surface area contributed by atoms with Gasteiger partial charge in [0.2, 0.25) is 5.91 Å². The number of hydrogen-bond acceptors (Lipinski definition) is 3. The fraction of sp³-hybridized carbons (Fsp3) is 0.765. The number of amides is 2. The fourth-order valence-corrected chi connectivity index (χ4v) is 2.64. The first-order valence-corrected chi connectivity index (χ1v) is 8.11. The molecule has 0 spiro atoms. The Morgan fingerprint density at radius 2 is 1.95 bits per heavy atom. The molecule has 0 aliphatic carbocycles. The maximum atomic E-state index is 12.0. The van der Waals surface area contributed by atoms with Gasteiger partial charge in [-0.3, -0.25) is 4.79 Å². The number of hydrogen-bond donors (Lipinski definition) is 1. The molecule has 1 fully saturated rings. The van der Waals surface area contributed by atoms with Gasteiger partial charge in [0.1, 0.15) is 5.60 Å². The van der Waals surface area contributed by atoms with Crippen molar-refractivity contribution in [2.75, 3.05) is 13.1 Å². The standard InChI is InChI=1S/C17H30N2O3/c1-6-7-8-15(20)19-11-9-14(10-12-19)13(2)18-16(21)22-17(3,4)5/h6,13-14H,1,7-12H2,2-5H3,(H,18,21). The van der Waals surface area contributed by atoms with Crippen molar-refractivity contribution >= 4 is 12.0 Å². The summed E-state index contributed by atoms with van der Waals surface area (Å²) in [6.07, 6.45) is 4.50. The van der Waals surface area contributed by atoms with Crippen molar-refractivity contribution in [3.05, 3.63) is 12.7 Å². The minimum absolute atomic E-state index is 0.0558. The molecule has 2 amide bonds. The molecule has 1 atom stereocenters. The number of rotatable bonds is 5. The minimum Gasteiger partial charge on any atom is -0.444 e. The number of likely N-dealkylation sites (tertiary alicyclic amines) is 1. The predicted molar refractivity (Wildman–Crippen MR) is 87.6 cm³/mol. The molecule has 0 aromatic rings. The summed E-state index contributed by atoms with van der Waals surface area (Å²) in [6.45, 7) is 12.7. The average molecular weight is 310 g/mol. The Morgan fingerprint density at radius 3 is 2.45 bits per heavy atom. The average Bonchev–Trinajstić information content (AvgIpc) is 2.42. The van der Waals surface area contributed by atoms with Gasteiger partial charge in [-0.25, -0.2) is 4.79 Å². The Labute approximate surface area is 134 Å². The van der Waals surface area contributed by atoms with E-state index >= 15 is 0 Å². The molecule has 0 bridgehead atoms. The van der Waals surface area contributed by atoms with Gasteiger partial charge < -0.3 is 15.0 Å². The van der Waals surface area contributed by atoms with Crippen LogP contribution in [0, 0.1) is 5.92 Å². The van der Waals surface area contributed by atoms with Gasteiger partial charge in [0, 0.05) is 25.6 Å². The molecule has 0 radical (unpaired) electrons. The van der Waals surface area contributed by atoms with Gasteiger partial charge in [-0.2, -0.15) is 0 Å². The van der Waals surface area contributed by atoms with E-state index in [0.29, 0.717) is 12.3 Å². The van der Waals surface area contributed by atoms with Crippen LogP contribution in [0.4, 0.5) is 4.79 Å². The largest absolute Gasteiger partial charge is 0.444 e. The topological polar surface area (TPSA) is 58.6 Å². The summed E-state index contributed by atoms with van der Waals surface area (Å²) in [5.74, 6) is 0.585. The summed E-state index contributed by atoms with van der Waals surface area (Å²) < 4.78 is 5.28. The molecule has 1 rings (SSSR count). The first kappa shape index (κ1) is 18.5. The van der Waals surface area contributed by atoms with Crippen LogP contribution in [0.1, 0.15) is 53.4 Å². The van der Waals surface area contributed by atoms with Crippen LogP contribution in [0.3, 0.4) is 0 Å². The lowest BCUT2D eigenvalue weighted by molar-refractivity contribution is -0.132. The molecule has 1 aliphatic heterocycles. The summed E-state index contributed by atoms with van der Waals surface area (Å²) in [5.41, 5.74) is -0.481. The highest BCUT2D eigenvalue weighted by Crippen LogP contribution is 2.21. The minimum atomic E-state index is -0.481. The van der Waals surface area contributed by atoms with Crippen LogP contribution in [0.15, 0.2) is 12.7 Å². The maximum absolute atomic E-state index is 12.0. The summed E-state index contributed by atoms with van der Waals surface area (Å²) in [4.78, 5) is 25.7. The van der Waals surface area contributed by atoms with Gasteiger partial charge in [-0.05, 0) is 52.9 Å². The molecule has 5 heteroatoms. The summed E-state index contributed by atoms with van der Waals surface area (Å²) in [5, 5.41) is 2.91. The molecule has 5 nitrogen and oxygen atoms in total. The predicted octanol–water partition coefficient (Wildman–Crippen LogP) is 3.10. The summed E-state index contributed by atoms with van der Waals surface area (Å²) in [7, 11) is 0. The highest BCUT2D eigenvalue weighted by molar-refractivity contribution is 5.76. The van der Waals surface area contributed by atoms with Crippen LogP contribution in [0.2, 0.25) is 0 Å². The van der Waals surface area contributed by atoms with E-state index in [2.05, 4.69) is 11.9 Å². The molecule has 1 N–H and O–H groups in total. The normalized spacial score (nSPS) is 17.7. The lowest BCUT2D eigenvalue weighted by Gasteiger charge is -2.35. The molecule has 1 heterocycles. The van der Waals surface area contributed by atoms with Crippen LogP contribution < -0.4 is 5.32 Å². The molecule has 0 aromatic heterocycles. The lowest BCUT2D eigenvalue weighted by atomic mass is 9.90. The van der Waals surface area contributed by atoms with E-state index in [9.17, 15) is 9.59 Å². The van der Waals surface area contributed by atoms with Gasteiger partial charge >= 0.3 is 6.09 Å². The Bertz CT molecular complexity index is 393. The molecular weight excluding hydrogens is 280 g/mol. The Hall–Kier alpha value is -1.52. The number of carbonyl (C=O) groups excluding carboxylic acids is 2. The molecule has 1 unspecified atom stereocenters. The van der Waals surface area contributed by atoms with E-state index in [0.717, 1.165) is 32.4 Å². The molecule has 22 heavy (non-hydrogen) atoms. The summed E-state index contributed by atoms with van der Waals surface area (Å²) in [6, 6.07) is 0.0558. The second-order valence-corrected chi connectivity index (χ2v) is 6.98. The number of piperidine rings is 1. The number of nitrogens with zero attached hydrogens (tertiary/aromatic N) is 1. The molecule has 1 saturated heterocycles. The van der Waals surface area contributed by atoms with Crippen molar-refractivity contribution in [3.8, 4) is 0 Å². The van der Waals surface area contributed by atoms with Gasteiger partial charge in [0.05, 0.1) is 0 Å². The second-order valence-electron chi connectivity index (χ2n) is 6.98. The second kappa shape index (κ2) is 8.20. The molecular formula is C17H30N2O3. The van der Waals surface area contributed by atoms with Crippen LogP contribution in [0.5, 0.6) is 0 Å². The van der Waals surface area contributed by atoms with Crippen molar-refractivity contribution < 1.29 is 14.3 Å². The number of carbonyl (C=O) groups is 2. The quantitative estimate of drug-likeness (QED) is 0.794. The maximum Gasteiger partial charge on any atom is 0.407 e. The Balaban J connectivity index is 2.36. The van der Waals surface area contributed by atoms with Crippen molar-refractivity contribution in [3.63, 3.8) is 0 Å². The lowest BCUT2D eigenvalue weighted by Crippen LogP contribution is -2.46. The zero-order chi connectivity index (χ0) is 16.8. The van der Waals surface area contributed by atoms with E-state index in [1.54, 1.807) is 6.08 Å². The number of nitrogens with one attached hydrogen (secondary N) is 1. The highest BCUT2D eigenvalue weighted by atomic mass is 16.6. The highest BCUT2D eigenvalue weighted by Gasteiger charge is 2.27. The fourth-order valence-electron chi connectivity index (χ4n) is 2.64. The monoisotopic (exact) mass is 310 g/mol. The number of allylic oxidation sites excluding steroid dienone is 1. The molecule has 0 aromatic carbocycles. The van der Waals surface area contributed by atoms with Crippen molar-refractivity contribution in [1.29, 1.82) is 0 Å². The number of alkyl carbamates (subject to hydrolysis) is 1. The number of ether oxygens (including phenoxy) is 1. The summed E-state index contributed by atoms with van der Waals surface area (Å²) >= 11 is 0. The van der Waals surface area contributed by atoms with Crippen molar-refractivity contribution in [2.24, 2.45) is 5.92 Å². The van der Waals surface area contributed by atoms with Crippen molar-refractivity contribution in [2.45, 2.75) is 65.0 Å². The molecule has 0 saturated carbocycles. The third kappa shape index (κ3) is 6.50. The van der Waals surface area contributed by atoms with Crippen LogP contribution in [-0.4, -0.2) is 41.6 Å². The van der Waals surface area contributed by atoms with E-state index in [-0.39, 0.29) is 18.0 Å². The van der Waals surface area contributed by atoms with E-state index in [1.807, 2.05) is 32.6 Å².